The molecule has 0 heterocycles. The van der Waals surface area contributed by atoms with Crippen LogP contribution in [0.2, 0.25) is 0 Å². The van der Waals surface area contributed by atoms with Gasteiger partial charge in [0, 0.05) is 34.3 Å². The summed E-state index contributed by atoms with van der Waals surface area (Å²) in [5.41, 5.74) is 0. The molecule has 0 saturated carbocycles. The van der Waals surface area contributed by atoms with Gasteiger partial charge in [0.15, 0.2) is 5.96 Å². The second-order valence-corrected chi connectivity index (χ2v) is 5.04. The number of rotatable bonds is 5. The summed E-state index contributed by atoms with van der Waals surface area (Å²) >= 11 is 0. The van der Waals surface area contributed by atoms with Crippen molar-refractivity contribution in [3.63, 3.8) is 0 Å². The van der Waals surface area contributed by atoms with Gasteiger partial charge >= 0.3 is 0 Å². The van der Waals surface area contributed by atoms with Crippen LogP contribution in [0.15, 0.2) is 29.3 Å². The van der Waals surface area contributed by atoms with Crippen molar-refractivity contribution in [3.05, 3.63) is 24.3 Å². The Morgan fingerprint density at radius 3 is 2.24 bits per heavy atom. The Labute approximate surface area is 145 Å². The molecule has 6 heteroatoms. The molecular weight excluding hydrogens is 381 g/mol. The van der Waals surface area contributed by atoms with Crippen LogP contribution in [0.1, 0.15) is 6.92 Å². The number of ether oxygens (including phenoxy) is 2. The van der Waals surface area contributed by atoms with Crippen LogP contribution in [0.25, 0.3) is 0 Å². The van der Waals surface area contributed by atoms with Gasteiger partial charge in [0.25, 0.3) is 0 Å². The first-order valence-corrected chi connectivity index (χ1v) is 6.64. The number of methoxy groups -OCH3 is 1. The third-order valence-electron chi connectivity index (χ3n) is 2.67. The smallest absolute Gasteiger partial charge is 0.195 e. The van der Waals surface area contributed by atoms with Crippen molar-refractivity contribution in [3.8, 4) is 11.5 Å². The Morgan fingerprint density at radius 2 is 1.71 bits per heavy atom. The van der Waals surface area contributed by atoms with Crippen molar-refractivity contribution in [2.45, 2.75) is 13.0 Å². The van der Waals surface area contributed by atoms with Crippen molar-refractivity contribution < 1.29 is 9.47 Å². The third-order valence-corrected chi connectivity index (χ3v) is 2.67. The topological polar surface area (TPSA) is 37.3 Å². The second-order valence-electron chi connectivity index (χ2n) is 5.04. The summed E-state index contributed by atoms with van der Waals surface area (Å²) in [6.45, 7) is 2.61. The molecule has 1 unspecified atom stereocenters. The molecule has 1 aromatic carbocycles. The molecule has 0 saturated heterocycles. The van der Waals surface area contributed by atoms with Crippen LogP contribution in [0, 0.1) is 0 Å². The standard InChI is InChI=1S/C15H25N3O2.HI/c1-12(11-16-15(17(2)3)18(4)5)20-14-9-7-8-13(10-14)19-6;/h7-10,12H,11H2,1-6H3;1H. The average molecular weight is 407 g/mol. The molecule has 0 amide bonds. The van der Waals surface area contributed by atoms with E-state index in [0.29, 0.717) is 6.54 Å². The van der Waals surface area contributed by atoms with Crippen molar-refractivity contribution >= 4 is 29.9 Å². The zero-order valence-corrected chi connectivity index (χ0v) is 16.0. The minimum atomic E-state index is -0.00277. The molecule has 0 aliphatic heterocycles. The third kappa shape index (κ3) is 6.88. The number of halogens is 1. The van der Waals surface area contributed by atoms with Gasteiger partial charge in [-0.05, 0) is 19.1 Å². The van der Waals surface area contributed by atoms with Gasteiger partial charge in [-0.3, -0.25) is 0 Å². The normalized spacial score (nSPS) is 11.0. The Kier molecular flexibility index (Phi) is 9.16. The van der Waals surface area contributed by atoms with Gasteiger partial charge in [-0.15, -0.1) is 24.0 Å². The average Bonchev–Trinajstić information content (AvgIpc) is 2.38. The number of nitrogens with zero attached hydrogens (tertiary/aromatic N) is 3. The Balaban J connectivity index is 0.00000400. The van der Waals surface area contributed by atoms with Gasteiger partial charge in [-0.1, -0.05) is 6.07 Å². The van der Waals surface area contributed by atoms with E-state index in [2.05, 4.69) is 4.99 Å². The second kappa shape index (κ2) is 9.70. The van der Waals surface area contributed by atoms with E-state index >= 15 is 0 Å². The van der Waals surface area contributed by atoms with Crippen molar-refractivity contribution in [2.75, 3.05) is 41.8 Å². The summed E-state index contributed by atoms with van der Waals surface area (Å²) in [5.74, 6) is 2.51. The van der Waals surface area contributed by atoms with Crippen LogP contribution >= 0.6 is 24.0 Å². The minimum absolute atomic E-state index is 0. The molecule has 5 nitrogen and oxygen atoms in total. The van der Waals surface area contributed by atoms with Gasteiger partial charge in [-0.25, -0.2) is 4.99 Å². The van der Waals surface area contributed by atoms with Gasteiger partial charge < -0.3 is 19.3 Å². The quantitative estimate of drug-likeness (QED) is 0.427. The summed E-state index contributed by atoms with van der Waals surface area (Å²) < 4.78 is 11.0. The van der Waals surface area contributed by atoms with E-state index in [1.165, 1.54) is 0 Å². The van der Waals surface area contributed by atoms with E-state index in [-0.39, 0.29) is 30.1 Å². The monoisotopic (exact) mass is 407 g/mol. The van der Waals surface area contributed by atoms with Crippen molar-refractivity contribution in [1.29, 1.82) is 0 Å². The fourth-order valence-electron chi connectivity index (χ4n) is 1.84. The predicted octanol–water partition coefficient (Wildman–Crippen LogP) is 2.56. The maximum Gasteiger partial charge on any atom is 0.195 e. The summed E-state index contributed by atoms with van der Waals surface area (Å²) in [6.07, 6.45) is -0.00277. The molecule has 120 valence electrons. The number of aliphatic imine (C=N–C) groups is 1. The lowest BCUT2D eigenvalue weighted by atomic mass is 10.3. The highest BCUT2D eigenvalue weighted by atomic mass is 127. The summed E-state index contributed by atoms with van der Waals surface area (Å²) in [5, 5.41) is 0. The van der Waals surface area contributed by atoms with Crippen molar-refractivity contribution in [1.82, 2.24) is 9.80 Å². The highest BCUT2D eigenvalue weighted by molar-refractivity contribution is 14.0. The molecule has 0 N–H and O–H groups in total. The number of hydrogen-bond donors (Lipinski definition) is 0. The Bertz CT molecular complexity index is 440. The van der Waals surface area contributed by atoms with Crippen LogP contribution in [0.5, 0.6) is 11.5 Å². The van der Waals surface area contributed by atoms with Crippen molar-refractivity contribution in [2.24, 2.45) is 4.99 Å². The summed E-state index contributed by atoms with van der Waals surface area (Å²) in [6, 6.07) is 7.60. The van der Waals surface area contributed by atoms with E-state index in [1.54, 1.807) is 7.11 Å². The molecular formula is C15H26IN3O2. The lowest BCUT2D eigenvalue weighted by Gasteiger charge is -2.23. The molecule has 21 heavy (non-hydrogen) atoms. The lowest BCUT2D eigenvalue weighted by molar-refractivity contribution is 0.228. The Hall–Kier alpha value is -1.18. The van der Waals surface area contributed by atoms with Crippen LogP contribution in [-0.2, 0) is 0 Å². The zero-order valence-electron chi connectivity index (χ0n) is 13.7. The van der Waals surface area contributed by atoms with E-state index in [0.717, 1.165) is 17.5 Å². The van der Waals surface area contributed by atoms with Crippen LogP contribution in [-0.4, -0.2) is 63.7 Å². The first kappa shape index (κ1) is 19.8. The number of hydrogen-bond acceptors (Lipinski definition) is 3. The molecule has 0 bridgehead atoms. The molecule has 0 aliphatic carbocycles. The van der Waals surface area contributed by atoms with Gasteiger partial charge in [0.1, 0.15) is 17.6 Å². The van der Waals surface area contributed by atoms with E-state index < -0.39 is 0 Å². The fourth-order valence-corrected chi connectivity index (χ4v) is 1.84. The van der Waals surface area contributed by atoms with E-state index in [9.17, 15) is 0 Å². The molecule has 0 aliphatic rings. The number of benzene rings is 1. The minimum Gasteiger partial charge on any atom is -0.497 e. The fraction of sp³-hybridized carbons (Fsp3) is 0.533. The van der Waals surface area contributed by atoms with E-state index in [1.807, 2.05) is 69.2 Å². The molecule has 1 atom stereocenters. The Morgan fingerprint density at radius 1 is 1.14 bits per heavy atom. The van der Waals surface area contributed by atoms with Crippen LogP contribution < -0.4 is 9.47 Å². The van der Waals surface area contributed by atoms with E-state index in [4.69, 9.17) is 9.47 Å². The van der Waals surface area contributed by atoms with Crippen LogP contribution in [0.3, 0.4) is 0 Å². The molecule has 0 spiro atoms. The van der Waals surface area contributed by atoms with Gasteiger partial charge in [0.2, 0.25) is 0 Å². The summed E-state index contributed by atoms with van der Waals surface area (Å²) in [4.78, 5) is 8.54. The zero-order chi connectivity index (χ0) is 15.1. The molecule has 0 aromatic heterocycles. The lowest BCUT2D eigenvalue weighted by Crippen LogP contribution is -2.36. The maximum absolute atomic E-state index is 5.84. The molecule has 0 radical (unpaired) electrons. The maximum atomic E-state index is 5.84. The molecule has 1 aromatic rings. The molecule has 1 rings (SSSR count). The number of guanidine groups is 1. The molecule has 0 fully saturated rings. The van der Waals surface area contributed by atoms with Gasteiger partial charge in [-0.2, -0.15) is 0 Å². The first-order valence-electron chi connectivity index (χ1n) is 6.64. The SMILES string of the molecule is COc1cccc(OC(C)CN=C(N(C)C)N(C)C)c1.I. The van der Waals surface area contributed by atoms with Gasteiger partial charge in [0.05, 0.1) is 13.7 Å². The van der Waals surface area contributed by atoms with Crippen LogP contribution in [0.4, 0.5) is 0 Å². The highest BCUT2D eigenvalue weighted by Crippen LogP contribution is 2.19. The summed E-state index contributed by atoms with van der Waals surface area (Å²) in [7, 11) is 9.56. The largest absolute Gasteiger partial charge is 0.497 e. The predicted molar refractivity (Wildman–Crippen MR) is 98.2 cm³/mol. The first-order chi connectivity index (χ1) is 9.43. The highest BCUT2D eigenvalue weighted by Gasteiger charge is 2.08.